The third kappa shape index (κ3) is 4.86. The average Bonchev–Trinajstić information content (AvgIpc) is 2.86. The Labute approximate surface area is 149 Å². The molecule has 0 unspecified atom stereocenters. The van der Waals surface area contributed by atoms with Crippen molar-refractivity contribution in [3.05, 3.63) is 47.8 Å². The highest BCUT2D eigenvalue weighted by molar-refractivity contribution is 5.81. The minimum absolute atomic E-state index is 0.0519. The third-order valence-electron chi connectivity index (χ3n) is 3.34. The highest BCUT2D eigenvalue weighted by Gasteiger charge is 2.14. The van der Waals surface area contributed by atoms with Gasteiger partial charge in [-0.15, -0.1) is 6.58 Å². The summed E-state index contributed by atoms with van der Waals surface area (Å²) in [6.45, 7) is 12.2. The number of hydrogen-bond donors (Lipinski definition) is 1. The van der Waals surface area contributed by atoms with Crippen LogP contribution in [-0.2, 0) is 6.42 Å². The molecule has 1 aromatic carbocycles. The SMILES string of the molecule is C=CCc1cc(C=Nn2cc(C)nc2N)cc(OCC)c1OC(C)C. The zero-order chi connectivity index (χ0) is 18.4. The molecule has 2 rings (SSSR count). The molecule has 1 aromatic heterocycles. The normalized spacial score (nSPS) is 11.2. The van der Waals surface area contributed by atoms with Crippen LogP contribution in [0.15, 0.2) is 36.1 Å². The Morgan fingerprint density at radius 3 is 2.72 bits per heavy atom. The summed E-state index contributed by atoms with van der Waals surface area (Å²) in [7, 11) is 0. The summed E-state index contributed by atoms with van der Waals surface area (Å²) in [6, 6.07) is 3.93. The molecule has 0 atom stereocenters. The quantitative estimate of drug-likeness (QED) is 0.588. The van der Waals surface area contributed by atoms with Gasteiger partial charge in [0.05, 0.1) is 30.8 Å². The fourth-order valence-corrected chi connectivity index (χ4v) is 2.42. The van der Waals surface area contributed by atoms with Gasteiger partial charge in [0, 0.05) is 5.56 Å². The lowest BCUT2D eigenvalue weighted by molar-refractivity contribution is 0.222. The van der Waals surface area contributed by atoms with Crippen LogP contribution in [0.3, 0.4) is 0 Å². The first kappa shape index (κ1) is 18.6. The Balaban J connectivity index is 2.43. The number of nitrogens with zero attached hydrogens (tertiary/aromatic N) is 3. The first-order valence-corrected chi connectivity index (χ1v) is 8.37. The fourth-order valence-electron chi connectivity index (χ4n) is 2.42. The van der Waals surface area contributed by atoms with Crippen molar-refractivity contribution in [2.24, 2.45) is 5.10 Å². The van der Waals surface area contributed by atoms with Gasteiger partial charge in [-0.25, -0.2) is 9.66 Å². The summed E-state index contributed by atoms with van der Waals surface area (Å²) >= 11 is 0. The van der Waals surface area contributed by atoms with E-state index in [4.69, 9.17) is 15.2 Å². The molecule has 0 radical (unpaired) electrons. The van der Waals surface area contributed by atoms with Crippen molar-refractivity contribution in [1.82, 2.24) is 9.66 Å². The molecule has 2 aromatic rings. The van der Waals surface area contributed by atoms with Gasteiger partial charge in [-0.1, -0.05) is 6.08 Å². The molecule has 0 aliphatic carbocycles. The number of nitrogens with two attached hydrogens (primary N) is 1. The van der Waals surface area contributed by atoms with E-state index in [0.29, 0.717) is 24.7 Å². The molecule has 0 spiro atoms. The second kappa shape index (κ2) is 8.37. The minimum Gasteiger partial charge on any atom is -0.490 e. The van der Waals surface area contributed by atoms with E-state index in [2.05, 4.69) is 16.7 Å². The van der Waals surface area contributed by atoms with Crippen LogP contribution in [0, 0.1) is 6.92 Å². The lowest BCUT2D eigenvalue weighted by atomic mass is 10.1. The average molecular weight is 342 g/mol. The smallest absolute Gasteiger partial charge is 0.221 e. The topological polar surface area (TPSA) is 74.7 Å². The van der Waals surface area contributed by atoms with Gasteiger partial charge < -0.3 is 15.2 Å². The number of rotatable bonds is 8. The standard InChI is InChI=1S/C19H26N4O2/c1-6-8-16-9-15(11-21-23-12-14(5)22-19(23)20)10-17(24-7-2)18(16)25-13(3)4/h6,9-13H,1,7-8H2,2-5H3,(H2,20,22). The van der Waals surface area contributed by atoms with Crippen LogP contribution in [0.2, 0.25) is 0 Å². The number of ether oxygens (including phenoxy) is 2. The summed E-state index contributed by atoms with van der Waals surface area (Å²) in [4.78, 5) is 4.13. The van der Waals surface area contributed by atoms with Crippen molar-refractivity contribution < 1.29 is 9.47 Å². The van der Waals surface area contributed by atoms with Crippen molar-refractivity contribution in [3.8, 4) is 11.5 Å². The van der Waals surface area contributed by atoms with Crippen LogP contribution >= 0.6 is 0 Å². The number of allylic oxidation sites excluding steroid dienone is 1. The van der Waals surface area contributed by atoms with Gasteiger partial charge in [-0.05, 0) is 51.8 Å². The van der Waals surface area contributed by atoms with E-state index in [0.717, 1.165) is 22.6 Å². The zero-order valence-electron chi connectivity index (χ0n) is 15.3. The maximum atomic E-state index is 5.97. The van der Waals surface area contributed by atoms with Crippen molar-refractivity contribution >= 4 is 12.2 Å². The molecule has 6 nitrogen and oxygen atoms in total. The molecule has 0 saturated heterocycles. The Hall–Kier alpha value is -2.76. The number of anilines is 1. The van der Waals surface area contributed by atoms with E-state index >= 15 is 0 Å². The van der Waals surface area contributed by atoms with Crippen LogP contribution in [0.4, 0.5) is 5.95 Å². The maximum Gasteiger partial charge on any atom is 0.221 e. The van der Waals surface area contributed by atoms with Crippen molar-refractivity contribution in [2.45, 2.75) is 40.2 Å². The zero-order valence-corrected chi connectivity index (χ0v) is 15.3. The van der Waals surface area contributed by atoms with Crippen LogP contribution in [0.5, 0.6) is 11.5 Å². The molecule has 0 amide bonds. The monoisotopic (exact) mass is 342 g/mol. The summed E-state index contributed by atoms with van der Waals surface area (Å²) < 4.78 is 13.3. The van der Waals surface area contributed by atoms with Crippen molar-refractivity contribution in [1.29, 1.82) is 0 Å². The maximum absolute atomic E-state index is 5.97. The Morgan fingerprint density at radius 2 is 2.16 bits per heavy atom. The Kier molecular flexibility index (Phi) is 6.22. The first-order chi connectivity index (χ1) is 11.9. The van der Waals surface area contributed by atoms with E-state index in [9.17, 15) is 0 Å². The molecular weight excluding hydrogens is 316 g/mol. The molecule has 0 saturated carbocycles. The predicted octanol–water partition coefficient (Wildman–Crippen LogP) is 3.57. The number of aromatic nitrogens is 2. The molecule has 6 heteroatoms. The van der Waals surface area contributed by atoms with Crippen molar-refractivity contribution in [2.75, 3.05) is 12.3 Å². The molecular formula is C19H26N4O2. The van der Waals surface area contributed by atoms with Gasteiger partial charge >= 0.3 is 0 Å². The summed E-state index contributed by atoms with van der Waals surface area (Å²) in [5, 5.41) is 4.37. The Bertz CT molecular complexity index is 763. The number of hydrogen-bond acceptors (Lipinski definition) is 5. The molecule has 0 fully saturated rings. The second-order valence-electron chi connectivity index (χ2n) is 5.93. The first-order valence-electron chi connectivity index (χ1n) is 8.37. The summed E-state index contributed by atoms with van der Waals surface area (Å²) in [5.41, 5.74) is 8.53. The largest absolute Gasteiger partial charge is 0.490 e. The van der Waals surface area contributed by atoms with Gasteiger partial charge in [0.1, 0.15) is 0 Å². The van der Waals surface area contributed by atoms with E-state index in [-0.39, 0.29) is 6.10 Å². The highest BCUT2D eigenvalue weighted by Crippen LogP contribution is 2.34. The van der Waals surface area contributed by atoms with E-state index < -0.39 is 0 Å². The van der Waals surface area contributed by atoms with Crippen LogP contribution in [0.25, 0.3) is 0 Å². The van der Waals surface area contributed by atoms with Crippen LogP contribution in [-0.4, -0.2) is 28.6 Å². The van der Waals surface area contributed by atoms with E-state index in [1.54, 1.807) is 17.1 Å². The number of imidazole rings is 1. The molecule has 0 bridgehead atoms. The third-order valence-corrected chi connectivity index (χ3v) is 3.34. The van der Waals surface area contributed by atoms with Gasteiger partial charge in [0.25, 0.3) is 0 Å². The lowest BCUT2D eigenvalue weighted by Crippen LogP contribution is -2.10. The van der Waals surface area contributed by atoms with Gasteiger partial charge in [0.2, 0.25) is 5.95 Å². The lowest BCUT2D eigenvalue weighted by Gasteiger charge is -2.18. The summed E-state index contributed by atoms with van der Waals surface area (Å²) in [5.74, 6) is 1.81. The molecule has 1 heterocycles. The van der Waals surface area contributed by atoms with E-state index in [1.165, 1.54) is 0 Å². The molecule has 0 aliphatic rings. The molecule has 0 aliphatic heterocycles. The van der Waals surface area contributed by atoms with E-state index in [1.807, 2.05) is 45.9 Å². The van der Waals surface area contributed by atoms with Gasteiger partial charge in [0.15, 0.2) is 11.5 Å². The van der Waals surface area contributed by atoms with Crippen LogP contribution in [0.1, 0.15) is 37.6 Å². The second-order valence-corrected chi connectivity index (χ2v) is 5.93. The Morgan fingerprint density at radius 1 is 1.40 bits per heavy atom. The fraction of sp³-hybridized carbons (Fsp3) is 0.368. The minimum atomic E-state index is 0.0519. The summed E-state index contributed by atoms with van der Waals surface area (Å²) in [6.07, 6.45) is 6.07. The predicted molar refractivity (Wildman–Crippen MR) is 102 cm³/mol. The highest BCUT2D eigenvalue weighted by atomic mass is 16.5. The molecule has 2 N–H and O–H groups in total. The van der Waals surface area contributed by atoms with Gasteiger partial charge in [-0.3, -0.25) is 0 Å². The number of benzene rings is 1. The molecule has 134 valence electrons. The van der Waals surface area contributed by atoms with Crippen LogP contribution < -0.4 is 15.2 Å². The number of nitrogen functional groups attached to an aromatic ring is 1. The van der Waals surface area contributed by atoms with Gasteiger partial charge in [-0.2, -0.15) is 5.10 Å². The van der Waals surface area contributed by atoms with Crippen molar-refractivity contribution in [3.63, 3.8) is 0 Å². The number of aryl methyl sites for hydroxylation is 1. The molecule has 25 heavy (non-hydrogen) atoms.